The van der Waals surface area contributed by atoms with E-state index in [0.29, 0.717) is 40.6 Å². The van der Waals surface area contributed by atoms with Crippen LogP contribution >= 0.6 is 0 Å². The number of carbonyl (C=O) groups is 2. The van der Waals surface area contributed by atoms with Crippen molar-refractivity contribution in [2.45, 2.75) is 37.8 Å². The fourth-order valence-electron chi connectivity index (χ4n) is 6.69. The number of likely N-dealkylation sites (tertiary alicyclic amines) is 1. The van der Waals surface area contributed by atoms with E-state index in [1.54, 1.807) is 18.2 Å². The summed E-state index contributed by atoms with van der Waals surface area (Å²) < 4.78 is 2.01. The van der Waals surface area contributed by atoms with Crippen molar-refractivity contribution < 1.29 is 9.59 Å². The van der Waals surface area contributed by atoms with Crippen LogP contribution in [0.3, 0.4) is 0 Å². The van der Waals surface area contributed by atoms with Crippen LogP contribution in [0.4, 0.5) is 11.5 Å². The van der Waals surface area contributed by atoms with Gasteiger partial charge in [-0.25, -0.2) is 14.6 Å². The molecule has 3 heterocycles. The van der Waals surface area contributed by atoms with Gasteiger partial charge in [0.05, 0.1) is 11.4 Å². The van der Waals surface area contributed by atoms with Crippen LogP contribution in [0.15, 0.2) is 73.1 Å². The third kappa shape index (κ3) is 5.50. The van der Waals surface area contributed by atoms with Crippen LogP contribution in [0, 0.1) is 11.8 Å². The first-order valence-corrected chi connectivity index (χ1v) is 15.1. The number of carbonyl (C=O) groups excluding carboxylic acids is 2. The number of hydrogen-bond acceptors (Lipinski definition) is 7. The first-order valence-electron chi connectivity index (χ1n) is 15.1. The summed E-state index contributed by atoms with van der Waals surface area (Å²) in [6, 6.07) is 17.6. The first kappa shape index (κ1) is 27.3. The topological polar surface area (TPSA) is 122 Å². The SMILES string of the molecule is CN(C/C=C/C(=O)N1CC2CC(n3nc(-c4ccc(C(=O)Nc5ccccc5)cc4)c4c(N)ncnc43)CC2C1)C1CC1. The van der Waals surface area contributed by atoms with Crippen LogP contribution in [0.25, 0.3) is 22.3 Å². The third-order valence-corrected chi connectivity index (χ3v) is 9.18. The monoisotopic (exact) mass is 576 g/mol. The van der Waals surface area contributed by atoms with Gasteiger partial charge in [0, 0.05) is 48.6 Å². The van der Waals surface area contributed by atoms with Gasteiger partial charge in [-0.3, -0.25) is 14.5 Å². The van der Waals surface area contributed by atoms with Gasteiger partial charge in [0.2, 0.25) is 5.91 Å². The number of nitrogens with one attached hydrogen (secondary N) is 1. The van der Waals surface area contributed by atoms with E-state index >= 15 is 0 Å². The molecule has 2 amide bonds. The minimum absolute atomic E-state index is 0.114. The second-order valence-electron chi connectivity index (χ2n) is 12.1. The maximum Gasteiger partial charge on any atom is 0.255 e. The van der Waals surface area contributed by atoms with Gasteiger partial charge >= 0.3 is 0 Å². The van der Waals surface area contributed by atoms with E-state index in [-0.39, 0.29) is 17.9 Å². The number of nitrogens with two attached hydrogens (primary N) is 1. The average molecular weight is 577 g/mol. The number of likely N-dealkylation sites (N-methyl/N-ethyl adjacent to an activating group) is 1. The van der Waals surface area contributed by atoms with Crippen LogP contribution < -0.4 is 11.1 Å². The smallest absolute Gasteiger partial charge is 0.255 e. The van der Waals surface area contributed by atoms with Gasteiger partial charge < -0.3 is 16.0 Å². The molecule has 0 radical (unpaired) electrons. The summed E-state index contributed by atoms with van der Waals surface area (Å²) in [6.07, 6.45) is 9.63. The zero-order valence-corrected chi connectivity index (χ0v) is 24.3. The van der Waals surface area contributed by atoms with E-state index in [4.69, 9.17) is 10.8 Å². The maximum absolute atomic E-state index is 12.9. The number of rotatable bonds is 8. The standard InChI is InChI=1S/C33H36N8O2/c1-39(26-13-14-26)15-5-8-28(42)40-18-23-16-27(17-24(23)19-40)41-32-29(31(34)35-20-36-32)30(38-41)21-9-11-22(12-10-21)33(43)37-25-6-3-2-4-7-25/h2-12,20,23-24,26-27H,13-19H2,1H3,(H,37,43)(H2,34,35,36)/b8-5+. The molecule has 2 atom stereocenters. The molecular formula is C33H36N8O2. The molecule has 2 aliphatic carbocycles. The predicted octanol–water partition coefficient (Wildman–Crippen LogP) is 4.39. The molecule has 1 aliphatic heterocycles. The fourth-order valence-corrected chi connectivity index (χ4v) is 6.69. The molecule has 1 saturated heterocycles. The third-order valence-electron chi connectivity index (χ3n) is 9.18. The largest absolute Gasteiger partial charge is 0.383 e. The summed E-state index contributed by atoms with van der Waals surface area (Å²) in [5.41, 5.74) is 9.93. The molecule has 220 valence electrons. The molecule has 3 N–H and O–H groups in total. The molecule has 43 heavy (non-hydrogen) atoms. The highest BCUT2D eigenvalue weighted by molar-refractivity contribution is 6.05. The first-order chi connectivity index (χ1) is 20.9. The van der Waals surface area contributed by atoms with Crippen LogP contribution in [-0.4, -0.2) is 74.1 Å². The highest BCUT2D eigenvalue weighted by Gasteiger charge is 2.43. The molecule has 10 heteroatoms. The van der Waals surface area contributed by atoms with Gasteiger partial charge in [-0.1, -0.05) is 36.4 Å². The Bertz CT molecular complexity index is 1660. The average Bonchev–Trinajstić information content (AvgIpc) is 3.51. The number of aromatic nitrogens is 4. The number of para-hydroxylation sites is 1. The van der Waals surface area contributed by atoms with Crippen molar-refractivity contribution in [2.75, 3.05) is 37.7 Å². The van der Waals surface area contributed by atoms with Crippen molar-refractivity contribution in [3.05, 3.63) is 78.6 Å². The second-order valence-corrected chi connectivity index (χ2v) is 12.1. The van der Waals surface area contributed by atoms with Crippen LogP contribution in [0.1, 0.15) is 42.1 Å². The number of nitrogen functional groups attached to an aromatic ring is 1. The van der Waals surface area contributed by atoms with Gasteiger partial charge in [0.25, 0.3) is 5.91 Å². The number of amides is 2. The number of fused-ring (bicyclic) bond motifs is 2. The summed E-state index contributed by atoms with van der Waals surface area (Å²) in [4.78, 5) is 38.8. The van der Waals surface area contributed by atoms with Crippen molar-refractivity contribution in [3.8, 4) is 11.3 Å². The van der Waals surface area contributed by atoms with Gasteiger partial charge in [0.1, 0.15) is 17.8 Å². The molecule has 0 spiro atoms. The molecule has 2 aromatic carbocycles. The van der Waals surface area contributed by atoms with Gasteiger partial charge in [-0.2, -0.15) is 5.10 Å². The summed E-state index contributed by atoms with van der Waals surface area (Å²) in [5, 5.41) is 8.68. The lowest BCUT2D eigenvalue weighted by atomic mass is 10.0. The number of benzene rings is 2. The Morgan fingerprint density at radius 1 is 1.02 bits per heavy atom. The van der Waals surface area contributed by atoms with E-state index in [0.717, 1.165) is 49.1 Å². The normalized spacial score (nSPS) is 21.6. The van der Waals surface area contributed by atoms with Crippen molar-refractivity contribution in [3.63, 3.8) is 0 Å². The van der Waals surface area contributed by atoms with Gasteiger partial charge in [-0.05, 0) is 68.8 Å². The van der Waals surface area contributed by atoms with E-state index in [2.05, 4.69) is 27.2 Å². The zero-order valence-electron chi connectivity index (χ0n) is 24.3. The summed E-state index contributed by atoms with van der Waals surface area (Å²) in [6.45, 7) is 2.37. The van der Waals surface area contributed by atoms with Gasteiger partial charge in [-0.15, -0.1) is 0 Å². The highest BCUT2D eigenvalue weighted by Crippen LogP contribution is 2.45. The summed E-state index contributed by atoms with van der Waals surface area (Å²) >= 11 is 0. The molecule has 2 saturated carbocycles. The molecule has 3 fully saturated rings. The van der Waals surface area contributed by atoms with Crippen molar-refractivity contribution in [1.82, 2.24) is 29.5 Å². The van der Waals surface area contributed by atoms with Crippen molar-refractivity contribution >= 4 is 34.4 Å². The molecular weight excluding hydrogens is 540 g/mol. The van der Waals surface area contributed by atoms with Crippen molar-refractivity contribution in [2.24, 2.45) is 11.8 Å². The van der Waals surface area contributed by atoms with E-state index in [9.17, 15) is 9.59 Å². The Morgan fingerprint density at radius 2 is 1.74 bits per heavy atom. The molecule has 0 bridgehead atoms. The predicted molar refractivity (Wildman–Crippen MR) is 166 cm³/mol. The van der Waals surface area contributed by atoms with Gasteiger partial charge in [0.15, 0.2) is 5.65 Å². The minimum atomic E-state index is -0.179. The lowest BCUT2D eigenvalue weighted by molar-refractivity contribution is -0.125. The lowest BCUT2D eigenvalue weighted by Crippen LogP contribution is -2.29. The molecule has 4 aromatic rings. The maximum atomic E-state index is 12.9. The molecule has 2 aromatic heterocycles. The quantitative estimate of drug-likeness (QED) is 0.298. The van der Waals surface area contributed by atoms with Crippen LogP contribution in [0.2, 0.25) is 0 Å². The summed E-state index contributed by atoms with van der Waals surface area (Å²) in [7, 11) is 2.12. The molecule has 7 rings (SSSR count). The minimum Gasteiger partial charge on any atom is -0.383 e. The Kier molecular flexibility index (Phi) is 7.14. The number of hydrogen-bond donors (Lipinski definition) is 2. The fraction of sp³-hybridized carbons (Fsp3) is 0.364. The van der Waals surface area contributed by atoms with E-state index < -0.39 is 0 Å². The zero-order chi connectivity index (χ0) is 29.5. The van der Waals surface area contributed by atoms with E-state index in [1.807, 2.05) is 58.1 Å². The Balaban J connectivity index is 1.06. The number of nitrogens with zero attached hydrogens (tertiary/aromatic N) is 6. The molecule has 3 aliphatic rings. The van der Waals surface area contributed by atoms with Crippen LogP contribution in [0.5, 0.6) is 0 Å². The lowest BCUT2D eigenvalue weighted by Gasteiger charge is -2.19. The molecule has 10 nitrogen and oxygen atoms in total. The highest BCUT2D eigenvalue weighted by atomic mass is 16.2. The van der Waals surface area contributed by atoms with E-state index in [1.165, 1.54) is 19.2 Å². The van der Waals surface area contributed by atoms with Crippen molar-refractivity contribution in [1.29, 1.82) is 0 Å². The Labute approximate surface area is 250 Å². The Hall–Kier alpha value is -4.57. The second kappa shape index (κ2) is 11.3. The Morgan fingerprint density at radius 3 is 2.44 bits per heavy atom. The van der Waals surface area contributed by atoms with Crippen LogP contribution in [-0.2, 0) is 4.79 Å². The number of anilines is 2. The summed E-state index contributed by atoms with van der Waals surface area (Å²) in [5.74, 6) is 1.18. The molecule has 2 unspecified atom stereocenters.